The molecule has 6 nitrogen and oxygen atoms in total. The Morgan fingerprint density at radius 1 is 1.33 bits per heavy atom. The number of carbonyl (C=O) groups is 2. The first kappa shape index (κ1) is 16.1. The van der Waals surface area contributed by atoms with Gasteiger partial charge in [0.1, 0.15) is 6.04 Å². The van der Waals surface area contributed by atoms with Gasteiger partial charge in [-0.1, -0.05) is 38.5 Å². The van der Waals surface area contributed by atoms with Gasteiger partial charge in [0, 0.05) is 18.4 Å². The van der Waals surface area contributed by atoms with Crippen molar-refractivity contribution in [1.82, 2.24) is 15.1 Å². The Balaban J connectivity index is 2.04. The highest BCUT2D eigenvalue weighted by atomic mass is 16.2. The lowest BCUT2D eigenvalue weighted by atomic mass is 9.96. The zero-order valence-corrected chi connectivity index (χ0v) is 13.8. The van der Waals surface area contributed by atoms with Crippen molar-refractivity contribution in [2.45, 2.75) is 32.9 Å². The number of fused-ring (bicyclic) bond motifs is 1. The van der Waals surface area contributed by atoms with Gasteiger partial charge in [-0.3, -0.25) is 9.59 Å². The molecular weight excluding hydrogens is 304 g/mol. The number of nitrogens with one attached hydrogen (secondary N) is 1. The average molecular weight is 324 g/mol. The van der Waals surface area contributed by atoms with Crippen LogP contribution in [-0.2, 0) is 11.3 Å². The number of nitrogens with zero attached hydrogens (tertiary/aromatic N) is 3. The van der Waals surface area contributed by atoms with Crippen molar-refractivity contribution in [2.24, 2.45) is 5.92 Å². The molecule has 1 aromatic carbocycles. The topological polar surface area (TPSA) is 75.2 Å². The van der Waals surface area contributed by atoms with Crippen LogP contribution in [0.3, 0.4) is 0 Å². The summed E-state index contributed by atoms with van der Waals surface area (Å²) >= 11 is 0. The van der Waals surface area contributed by atoms with E-state index in [2.05, 4.69) is 15.5 Å². The van der Waals surface area contributed by atoms with Crippen molar-refractivity contribution in [3.8, 4) is 0 Å². The highest BCUT2D eigenvalue weighted by molar-refractivity contribution is 6.02. The minimum absolute atomic E-state index is 0.0277. The number of rotatable bonds is 3. The van der Waals surface area contributed by atoms with Crippen LogP contribution in [0.25, 0.3) is 0 Å². The molecule has 1 aliphatic rings. The summed E-state index contributed by atoms with van der Waals surface area (Å²) in [4.78, 5) is 27.4. The summed E-state index contributed by atoms with van der Waals surface area (Å²) in [7, 11) is 0. The third kappa shape index (κ3) is 2.99. The molecular formula is C18H20N4O2. The molecule has 0 spiro atoms. The molecule has 2 atom stereocenters. The maximum absolute atomic E-state index is 13.0. The lowest BCUT2D eigenvalue weighted by Crippen LogP contribution is -2.49. The molecule has 124 valence electrons. The van der Waals surface area contributed by atoms with Crippen molar-refractivity contribution in [3.05, 3.63) is 53.9 Å². The zero-order chi connectivity index (χ0) is 17.1. The monoisotopic (exact) mass is 324 g/mol. The first-order valence-electron chi connectivity index (χ1n) is 8.09. The van der Waals surface area contributed by atoms with Gasteiger partial charge in [0.05, 0.1) is 0 Å². The maximum Gasteiger partial charge on any atom is 0.275 e. The van der Waals surface area contributed by atoms with Crippen molar-refractivity contribution in [3.63, 3.8) is 0 Å². The van der Waals surface area contributed by atoms with E-state index in [9.17, 15) is 9.59 Å². The van der Waals surface area contributed by atoms with E-state index in [1.165, 1.54) is 6.20 Å². The average Bonchev–Trinajstić information content (AvgIpc) is 2.77. The predicted molar refractivity (Wildman–Crippen MR) is 90.2 cm³/mol. The molecule has 0 saturated heterocycles. The lowest BCUT2D eigenvalue weighted by molar-refractivity contribution is -0.122. The number of amides is 2. The van der Waals surface area contributed by atoms with Crippen LogP contribution in [0.15, 0.2) is 42.6 Å². The van der Waals surface area contributed by atoms with E-state index in [1.807, 2.05) is 38.1 Å². The second-order valence-electron chi connectivity index (χ2n) is 6.02. The number of hydrogen-bond donors (Lipinski definition) is 1. The molecule has 0 fully saturated rings. The van der Waals surface area contributed by atoms with E-state index in [-0.39, 0.29) is 23.4 Å². The largest absolute Gasteiger partial charge is 0.324 e. The fraction of sp³-hybridized carbons (Fsp3) is 0.333. The quantitative estimate of drug-likeness (QED) is 0.941. The van der Waals surface area contributed by atoms with Gasteiger partial charge in [0.25, 0.3) is 5.91 Å². The molecule has 2 aromatic rings. The van der Waals surface area contributed by atoms with E-state index >= 15 is 0 Å². The first-order chi connectivity index (χ1) is 11.6. The second kappa shape index (κ2) is 6.78. The van der Waals surface area contributed by atoms with Crippen molar-refractivity contribution >= 4 is 17.5 Å². The molecule has 1 aliphatic heterocycles. The van der Waals surface area contributed by atoms with E-state index < -0.39 is 6.04 Å². The van der Waals surface area contributed by atoms with E-state index in [0.29, 0.717) is 6.54 Å². The third-order valence-electron chi connectivity index (χ3n) is 4.46. The normalized spacial score (nSPS) is 18.3. The van der Waals surface area contributed by atoms with E-state index in [0.717, 1.165) is 17.7 Å². The molecule has 2 amide bonds. The smallest absolute Gasteiger partial charge is 0.275 e. The van der Waals surface area contributed by atoms with Gasteiger partial charge < -0.3 is 10.2 Å². The molecule has 0 bridgehead atoms. The molecule has 24 heavy (non-hydrogen) atoms. The number of aromatic nitrogens is 2. The van der Waals surface area contributed by atoms with Crippen LogP contribution in [0.5, 0.6) is 0 Å². The standard InChI is InChI=1S/C18H20N4O2/c1-3-12(2)16-17(23)20-14-8-5-4-7-13(14)11-22(16)18(24)15-9-6-10-19-21-15/h4-10,12,16H,3,11H2,1-2H3,(H,20,23)/t12-,16-/m0/s1. The number of para-hydroxylation sites is 1. The Hall–Kier alpha value is -2.76. The summed E-state index contributed by atoms with van der Waals surface area (Å²) in [6.45, 7) is 4.36. The molecule has 1 N–H and O–H groups in total. The Morgan fingerprint density at radius 3 is 2.83 bits per heavy atom. The van der Waals surface area contributed by atoms with Crippen molar-refractivity contribution < 1.29 is 9.59 Å². The Morgan fingerprint density at radius 2 is 2.12 bits per heavy atom. The van der Waals surface area contributed by atoms with E-state index in [4.69, 9.17) is 0 Å². The van der Waals surface area contributed by atoms with Crippen molar-refractivity contribution in [1.29, 1.82) is 0 Å². The molecule has 0 unspecified atom stereocenters. The molecule has 2 heterocycles. The summed E-state index contributed by atoms with van der Waals surface area (Å²) in [5.74, 6) is -0.410. The fourth-order valence-electron chi connectivity index (χ4n) is 2.96. The fourth-order valence-corrected chi connectivity index (χ4v) is 2.96. The highest BCUT2D eigenvalue weighted by Gasteiger charge is 2.37. The van der Waals surface area contributed by atoms with Crippen LogP contribution in [-0.4, -0.2) is 33.0 Å². The van der Waals surface area contributed by atoms with Gasteiger partial charge >= 0.3 is 0 Å². The first-order valence-corrected chi connectivity index (χ1v) is 8.09. The Bertz CT molecular complexity index is 748. The molecule has 0 aliphatic carbocycles. The molecule has 0 saturated carbocycles. The van der Waals surface area contributed by atoms with Crippen molar-refractivity contribution in [2.75, 3.05) is 5.32 Å². The van der Waals surface area contributed by atoms with Gasteiger partial charge in [-0.25, -0.2) is 0 Å². The van der Waals surface area contributed by atoms with Crippen LogP contribution in [0.4, 0.5) is 5.69 Å². The second-order valence-corrected chi connectivity index (χ2v) is 6.02. The number of benzene rings is 1. The van der Waals surface area contributed by atoms with Gasteiger partial charge in [-0.15, -0.1) is 5.10 Å². The van der Waals surface area contributed by atoms with E-state index in [1.54, 1.807) is 17.0 Å². The Kier molecular flexibility index (Phi) is 4.55. The molecule has 3 rings (SSSR count). The maximum atomic E-state index is 13.0. The van der Waals surface area contributed by atoms with Crippen LogP contribution < -0.4 is 5.32 Å². The molecule has 1 aromatic heterocycles. The van der Waals surface area contributed by atoms with Gasteiger partial charge in [-0.2, -0.15) is 5.10 Å². The van der Waals surface area contributed by atoms with Crippen LogP contribution in [0.2, 0.25) is 0 Å². The van der Waals surface area contributed by atoms with Crippen LogP contribution >= 0.6 is 0 Å². The predicted octanol–water partition coefficient (Wildman–Crippen LogP) is 2.49. The summed E-state index contributed by atoms with van der Waals surface area (Å²) in [5.41, 5.74) is 1.91. The van der Waals surface area contributed by atoms with Crippen LogP contribution in [0.1, 0.15) is 36.3 Å². The minimum Gasteiger partial charge on any atom is -0.324 e. The van der Waals surface area contributed by atoms with Crippen LogP contribution in [0, 0.1) is 5.92 Å². The number of carbonyl (C=O) groups excluding carboxylic acids is 2. The lowest BCUT2D eigenvalue weighted by Gasteiger charge is -2.32. The number of anilines is 1. The summed E-state index contributed by atoms with van der Waals surface area (Å²) in [6, 6.07) is 10.3. The molecule has 6 heteroatoms. The van der Waals surface area contributed by atoms with Gasteiger partial charge in [0.15, 0.2) is 5.69 Å². The zero-order valence-electron chi connectivity index (χ0n) is 13.8. The van der Waals surface area contributed by atoms with Gasteiger partial charge in [-0.05, 0) is 29.7 Å². The minimum atomic E-state index is -0.545. The summed E-state index contributed by atoms with van der Waals surface area (Å²) < 4.78 is 0. The Labute approximate surface area is 140 Å². The number of hydrogen-bond acceptors (Lipinski definition) is 4. The SMILES string of the molecule is CC[C@H](C)[C@H]1C(=O)Nc2ccccc2CN1C(=O)c1cccnn1. The van der Waals surface area contributed by atoms with Gasteiger partial charge in [0.2, 0.25) is 5.91 Å². The third-order valence-corrected chi connectivity index (χ3v) is 4.46. The molecule has 0 radical (unpaired) electrons. The highest BCUT2D eigenvalue weighted by Crippen LogP contribution is 2.28. The summed E-state index contributed by atoms with van der Waals surface area (Å²) in [5, 5.41) is 10.6. The summed E-state index contributed by atoms with van der Waals surface area (Å²) in [6.07, 6.45) is 2.31.